The van der Waals surface area contributed by atoms with Crippen molar-refractivity contribution in [3.8, 4) is 16.8 Å². The number of halogens is 3. The lowest BCUT2D eigenvalue weighted by Crippen LogP contribution is -2.18. The second-order valence-corrected chi connectivity index (χ2v) is 7.70. The number of nitrogens with zero attached hydrogens (tertiary/aromatic N) is 2. The van der Waals surface area contributed by atoms with E-state index in [1.807, 2.05) is 20.2 Å². The molecule has 0 aliphatic rings. The smallest absolute Gasteiger partial charge is 0.384 e. The predicted octanol–water partition coefficient (Wildman–Crippen LogP) is 4.88. The van der Waals surface area contributed by atoms with E-state index in [1.165, 1.54) is 29.0 Å². The van der Waals surface area contributed by atoms with Crippen molar-refractivity contribution in [1.82, 2.24) is 9.47 Å². The lowest BCUT2D eigenvalue weighted by molar-refractivity contribution is -0.137. The molecular formula is C24H25F3N4O. The number of alkyl halides is 3. The number of rotatable bonds is 8. The van der Waals surface area contributed by atoms with Gasteiger partial charge in [0.1, 0.15) is 0 Å². The molecule has 0 bridgehead atoms. The van der Waals surface area contributed by atoms with Crippen LogP contribution in [0.4, 0.5) is 18.9 Å². The zero-order chi connectivity index (χ0) is 23.3. The maximum Gasteiger partial charge on any atom is 0.416 e. The van der Waals surface area contributed by atoms with Crippen LogP contribution in [0.1, 0.15) is 17.5 Å². The number of pyridine rings is 1. The summed E-state index contributed by atoms with van der Waals surface area (Å²) in [4.78, 5) is 14.8. The van der Waals surface area contributed by atoms with E-state index in [2.05, 4.69) is 10.2 Å². The van der Waals surface area contributed by atoms with Crippen LogP contribution in [0.2, 0.25) is 0 Å². The van der Waals surface area contributed by atoms with E-state index >= 15 is 0 Å². The van der Waals surface area contributed by atoms with Gasteiger partial charge in [0.2, 0.25) is 0 Å². The largest absolute Gasteiger partial charge is 0.416 e. The summed E-state index contributed by atoms with van der Waals surface area (Å²) in [5.74, 6) is 0. The van der Waals surface area contributed by atoms with E-state index in [9.17, 15) is 18.0 Å². The summed E-state index contributed by atoms with van der Waals surface area (Å²) in [7, 11) is 4.02. The fraction of sp³-hybridized carbons (Fsp3) is 0.250. The van der Waals surface area contributed by atoms with Gasteiger partial charge in [0.15, 0.2) is 0 Å². The van der Waals surface area contributed by atoms with Crippen LogP contribution in [0.15, 0.2) is 65.6 Å². The monoisotopic (exact) mass is 442 g/mol. The summed E-state index contributed by atoms with van der Waals surface area (Å²) in [6.07, 6.45) is -0.624. The van der Waals surface area contributed by atoms with Gasteiger partial charge in [-0.05, 0) is 74.6 Å². The quantitative estimate of drug-likeness (QED) is 0.386. The Labute approximate surface area is 184 Å². The highest BCUT2D eigenvalue weighted by Gasteiger charge is 2.29. The second kappa shape index (κ2) is 9.82. The molecule has 0 atom stereocenters. The van der Waals surface area contributed by atoms with Crippen LogP contribution >= 0.6 is 0 Å². The number of benzene rings is 2. The standard InChI is InChI=1S/C24H25F3N4O/c1-30(2)12-3-11-29-22-9-8-21(14-19(22)16-28)31-13-10-18(15-23(31)32)17-4-6-20(7-5-17)24(25,26)27/h4-10,13-16,28-29H,3,11-12H2,1-2H3. The lowest BCUT2D eigenvalue weighted by Gasteiger charge is -2.14. The Morgan fingerprint density at radius 3 is 2.34 bits per heavy atom. The van der Waals surface area contributed by atoms with Crippen LogP contribution in [0.25, 0.3) is 16.8 Å². The van der Waals surface area contributed by atoms with Crippen molar-refractivity contribution in [2.75, 3.05) is 32.5 Å². The van der Waals surface area contributed by atoms with E-state index in [4.69, 9.17) is 5.41 Å². The maximum absolute atomic E-state index is 12.8. The summed E-state index contributed by atoms with van der Waals surface area (Å²) in [5, 5.41) is 11.0. The number of hydrogen-bond acceptors (Lipinski definition) is 4. The SMILES string of the molecule is CN(C)CCCNc1ccc(-n2ccc(-c3ccc(C(F)(F)F)cc3)cc2=O)cc1C=N. The maximum atomic E-state index is 12.8. The summed E-state index contributed by atoms with van der Waals surface area (Å²) < 4.78 is 39.7. The Hall–Kier alpha value is -3.39. The van der Waals surface area contributed by atoms with Gasteiger partial charge in [-0.15, -0.1) is 0 Å². The summed E-state index contributed by atoms with van der Waals surface area (Å²) in [6, 6.07) is 13.2. The zero-order valence-corrected chi connectivity index (χ0v) is 17.9. The Bertz CT molecular complexity index is 1140. The number of nitrogens with one attached hydrogen (secondary N) is 2. The fourth-order valence-corrected chi connectivity index (χ4v) is 3.32. The van der Waals surface area contributed by atoms with Crippen molar-refractivity contribution in [3.05, 3.63) is 82.3 Å². The van der Waals surface area contributed by atoms with E-state index in [0.29, 0.717) is 22.4 Å². The highest BCUT2D eigenvalue weighted by Crippen LogP contribution is 2.30. The minimum atomic E-state index is -4.40. The molecule has 0 fully saturated rings. The molecule has 1 aromatic heterocycles. The van der Waals surface area contributed by atoms with Gasteiger partial charge in [-0.2, -0.15) is 13.2 Å². The Morgan fingerprint density at radius 2 is 1.75 bits per heavy atom. The van der Waals surface area contributed by atoms with Gasteiger partial charge >= 0.3 is 6.18 Å². The van der Waals surface area contributed by atoms with Crippen LogP contribution < -0.4 is 10.9 Å². The third kappa shape index (κ3) is 5.64. The Balaban J connectivity index is 1.81. The molecule has 0 saturated heterocycles. The van der Waals surface area contributed by atoms with Crippen LogP contribution in [0.5, 0.6) is 0 Å². The molecule has 0 unspecified atom stereocenters. The molecule has 0 radical (unpaired) electrons. The predicted molar refractivity (Wildman–Crippen MR) is 122 cm³/mol. The van der Waals surface area contributed by atoms with Gasteiger partial charge in [0.25, 0.3) is 5.56 Å². The lowest BCUT2D eigenvalue weighted by atomic mass is 10.0. The molecule has 168 valence electrons. The summed E-state index contributed by atoms with van der Waals surface area (Å²) >= 11 is 0. The number of hydrogen-bond donors (Lipinski definition) is 2. The minimum absolute atomic E-state index is 0.315. The highest BCUT2D eigenvalue weighted by atomic mass is 19.4. The molecule has 0 spiro atoms. The fourth-order valence-electron chi connectivity index (χ4n) is 3.32. The van der Waals surface area contributed by atoms with Crippen molar-refractivity contribution >= 4 is 11.9 Å². The van der Waals surface area contributed by atoms with E-state index < -0.39 is 11.7 Å². The molecule has 0 saturated carbocycles. The Kier molecular flexibility index (Phi) is 7.15. The topological polar surface area (TPSA) is 61.1 Å². The molecule has 5 nitrogen and oxygen atoms in total. The van der Waals surface area contributed by atoms with Crippen molar-refractivity contribution in [2.24, 2.45) is 0 Å². The molecule has 3 rings (SSSR count). The third-order valence-electron chi connectivity index (χ3n) is 5.03. The van der Waals surface area contributed by atoms with Gasteiger partial charge in [0.05, 0.1) is 5.56 Å². The molecule has 0 amide bonds. The van der Waals surface area contributed by atoms with Gasteiger partial charge in [-0.25, -0.2) is 0 Å². The molecule has 0 aliphatic heterocycles. The van der Waals surface area contributed by atoms with E-state index in [0.717, 1.165) is 37.3 Å². The first-order chi connectivity index (χ1) is 15.2. The van der Waals surface area contributed by atoms with Crippen LogP contribution in [0, 0.1) is 5.41 Å². The number of anilines is 1. The van der Waals surface area contributed by atoms with Gasteiger partial charge in [-0.3, -0.25) is 9.36 Å². The molecule has 3 aromatic rings. The van der Waals surface area contributed by atoms with Gasteiger partial charge < -0.3 is 15.6 Å². The molecule has 32 heavy (non-hydrogen) atoms. The average Bonchev–Trinajstić information content (AvgIpc) is 2.76. The highest BCUT2D eigenvalue weighted by molar-refractivity contribution is 5.86. The first kappa shape index (κ1) is 23.3. The van der Waals surface area contributed by atoms with Crippen LogP contribution in [-0.4, -0.2) is 42.9 Å². The van der Waals surface area contributed by atoms with E-state index in [-0.39, 0.29) is 5.56 Å². The van der Waals surface area contributed by atoms with Crippen molar-refractivity contribution in [3.63, 3.8) is 0 Å². The van der Waals surface area contributed by atoms with Crippen molar-refractivity contribution in [1.29, 1.82) is 5.41 Å². The second-order valence-electron chi connectivity index (χ2n) is 7.70. The summed E-state index contributed by atoms with van der Waals surface area (Å²) in [6.45, 7) is 1.71. The number of aromatic nitrogens is 1. The van der Waals surface area contributed by atoms with Crippen LogP contribution in [-0.2, 0) is 6.18 Å². The Morgan fingerprint density at radius 1 is 1.03 bits per heavy atom. The zero-order valence-electron chi connectivity index (χ0n) is 17.9. The average molecular weight is 442 g/mol. The van der Waals surface area contributed by atoms with Crippen molar-refractivity contribution in [2.45, 2.75) is 12.6 Å². The summed E-state index contributed by atoms with van der Waals surface area (Å²) in [5.41, 5.74) is 2.09. The molecule has 2 aromatic carbocycles. The van der Waals surface area contributed by atoms with Crippen molar-refractivity contribution < 1.29 is 13.2 Å². The first-order valence-electron chi connectivity index (χ1n) is 10.1. The molecule has 2 N–H and O–H groups in total. The van der Waals surface area contributed by atoms with Gasteiger partial charge in [-0.1, -0.05) is 12.1 Å². The normalized spacial score (nSPS) is 11.6. The van der Waals surface area contributed by atoms with E-state index in [1.54, 1.807) is 24.4 Å². The molecule has 1 heterocycles. The molecule has 8 heteroatoms. The first-order valence-corrected chi connectivity index (χ1v) is 10.1. The minimum Gasteiger partial charge on any atom is -0.384 e. The van der Waals surface area contributed by atoms with Gasteiger partial charge in [0, 0.05) is 42.0 Å². The molecule has 0 aliphatic carbocycles. The molecular weight excluding hydrogens is 417 g/mol. The third-order valence-corrected chi connectivity index (χ3v) is 5.03. The van der Waals surface area contributed by atoms with Crippen LogP contribution in [0.3, 0.4) is 0 Å².